The molecule has 0 aliphatic carbocycles. The zero-order valence-corrected chi connectivity index (χ0v) is 12.4. The summed E-state index contributed by atoms with van der Waals surface area (Å²) in [5, 5.41) is 10.6. The molecule has 2 aromatic carbocycles. The Kier molecular flexibility index (Phi) is 5.29. The molecular weight excluding hydrogens is 299 g/mol. The van der Waals surface area contributed by atoms with Gasteiger partial charge in [0.2, 0.25) is 0 Å². The van der Waals surface area contributed by atoms with Gasteiger partial charge in [0.05, 0.1) is 18.2 Å². The largest absolute Gasteiger partial charge is 0.495 e. The van der Waals surface area contributed by atoms with Gasteiger partial charge in [-0.05, 0) is 29.8 Å². The summed E-state index contributed by atoms with van der Waals surface area (Å²) in [6, 6.07) is 11.6. The van der Waals surface area contributed by atoms with Gasteiger partial charge in [-0.15, -0.1) is 11.8 Å². The van der Waals surface area contributed by atoms with Gasteiger partial charge in [-0.1, -0.05) is 29.8 Å². The highest BCUT2D eigenvalue weighted by atomic mass is 35.5. The van der Waals surface area contributed by atoms with Crippen molar-refractivity contribution in [1.29, 1.82) is 0 Å². The first-order valence-electron chi connectivity index (χ1n) is 6.00. The molecule has 2 nitrogen and oxygen atoms in total. The van der Waals surface area contributed by atoms with E-state index in [0.717, 1.165) is 0 Å². The third-order valence-electron chi connectivity index (χ3n) is 2.79. The third kappa shape index (κ3) is 3.66. The maximum atomic E-state index is 13.5. The number of methoxy groups -OCH3 is 1. The van der Waals surface area contributed by atoms with E-state index in [-0.39, 0.29) is 5.82 Å². The molecule has 2 aromatic rings. The predicted molar refractivity (Wildman–Crippen MR) is 80.1 cm³/mol. The topological polar surface area (TPSA) is 29.5 Å². The molecule has 106 valence electrons. The number of ether oxygens (including phenoxy) is 1. The molecule has 5 heteroatoms. The molecule has 0 radical (unpaired) electrons. The molecule has 0 aliphatic rings. The van der Waals surface area contributed by atoms with Crippen molar-refractivity contribution in [1.82, 2.24) is 0 Å². The number of hydrogen-bond donors (Lipinski definition) is 1. The fourth-order valence-corrected chi connectivity index (χ4v) is 2.82. The maximum Gasteiger partial charge on any atom is 0.137 e. The minimum atomic E-state index is -0.717. The highest BCUT2D eigenvalue weighted by Gasteiger charge is 2.12. The van der Waals surface area contributed by atoms with Gasteiger partial charge in [0, 0.05) is 10.6 Å². The first-order chi connectivity index (χ1) is 9.61. The first-order valence-corrected chi connectivity index (χ1v) is 7.37. The monoisotopic (exact) mass is 312 g/mol. The van der Waals surface area contributed by atoms with Crippen LogP contribution in [0.2, 0.25) is 5.02 Å². The number of aliphatic hydroxyl groups is 1. The zero-order chi connectivity index (χ0) is 14.5. The van der Waals surface area contributed by atoms with Crippen molar-refractivity contribution in [3.63, 3.8) is 0 Å². The van der Waals surface area contributed by atoms with Crippen LogP contribution in [0.15, 0.2) is 47.4 Å². The van der Waals surface area contributed by atoms with Crippen LogP contribution in [0.1, 0.15) is 11.7 Å². The maximum absolute atomic E-state index is 13.5. The summed E-state index contributed by atoms with van der Waals surface area (Å²) in [6.07, 6.45) is -0.717. The van der Waals surface area contributed by atoms with E-state index < -0.39 is 6.10 Å². The number of aliphatic hydroxyl groups excluding tert-OH is 1. The molecule has 0 heterocycles. The lowest BCUT2D eigenvalue weighted by molar-refractivity contribution is 0.203. The second-order valence-electron chi connectivity index (χ2n) is 4.15. The Morgan fingerprint density at radius 1 is 1.30 bits per heavy atom. The Balaban J connectivity index is 2.05. The fourth-order valence-electron chi connectivity index (χ4n) is 1.71. The van der Waals surface area contributed by atoms with E-state index in [1.54, 1.807) is 36.4 Å². The van der Waals surface area contributed by atoms with Crippen molar-refractivity contribution in [2.45, 2.75) is 11.0 Å². The average molecular weight is 313 g/mol. The van der Waals surface area contributed by atoms with Gasteiger partial charge >= 0.3 is 0 Å². The standard InChI is InChI=1S/C15H14ClFO2S/c1-19-14-8-10(6-7-11(14)16)13(18)9-20-15-5-3-2-4-12(15)17/h2-8,13,18H,9H2,1H3. The van der Waals surface area contributed by atoms with Crippen molar-refractivity contribution in [2.75, 3.05) is 12.9 Å². The van der Waals surface area contributed by atoms with E-state index in [0.29, 0.717) is 27.0 Å². The number of thioether (sulfide) groups is 1. The number of rotatable bonds is 5. The van der Waals surface area contributed by atoms with Crippen LogP contribution in [0.25, 0.3) is 0 Å². The van der Waals surface area contributed by atoms with Crippen LogP contribution in [0.3, 0.4) is 0 Å². The van der Waals surface area contributed by atoms with E-state index in [1.807, 2.05) is 0 Å². The summed E-state index contributed by atoms with van der Waals surface area (Å²) >= 11 is 7.20. The highest BCUT2D eigenvalue weighted by Crippen LogP contribution is 2.31. The molecule has 0 aliphatic heterocycles. The van der Waals surface area contributed by atoms with Crippen molar-refractivity contribution >= 4 is 23.4 Å². The predicted octanol–water partition coefficient (Wildman–Crippen LogP) is 4.31. The van der Waals surface area contributed by atoms with Gasteiger partial charge in [0.25, 0.3) is 0 Å². The van der Waals surface area contributed by atoms with E-state index in [1.165, 1.54) is 24.9 Å². The summed E-state index contributed by atoms with van der Waals surface area (Å²) in [5.74, 6) is 0.587. The Bertz CT molecular complexity index is 592. The lowest BCUT2D eigenvalue weighted by Crippen LogP contribution is -2.01. The molecule has 0 saturated heterocycles. The number of halogens is 2. The molecule has 1 N–H and O–H groups in total. The van der Waals surface area contributed by atoms with Crippen LogP contribution in [0, 0.1) is 5.82 Å². The average Bonchev–Trinajstić information content (AvgIpc) is 2.46. The van der Waals surface area contributed by atoms with Crippen molar-refractivity contribution < 1.29 is 14.2 Å². The Labute approximate surface area is 126 Å². The molecule has 0 bridgehead atoms. The summed E-state index contributed by atoms with van der Waals surface area (Å²) in [7, 11) is 1.52. The second-order valence-corrected chi connectivity index (χ2v) is 5.62. The Morgan fingerprint density at radius 3 is 2.75 bits per heavy atom. The van der Waals surface area contributed by atoms with E-state index in [9.17, 15) is 9.50 Å². The Hall–Kier alpha value is -1.23. The zero-order valence-electron chi connectivity index (χ0n) is 10.8. The van der Waals surface area contributed by atoms with E-state index >= 15 is 0 Å². The molecule has 0 saturated carbocycles. The lowest BCUT2D eigenvalue weighted by atomic mass is 10.1. The molecule has 2 rings (SSSR count). The summed E-state index contributed by atoms with van der Waals surface area (Å²) in [5.41, 5.74) is 0.690. The number of benzene rings is 2. The first kappa shape index (κ1) is 15.2. The third-order valence-corrected chi connectivity index (χ3v) is 4.23. The van der Waals surface area contributed by atoms with Gasteiger partial charge in [0.1, 0.15) is 11.6 Å². The molecule has 0 spiro atoms. The summed E-state index contributed by atoms with van der Waals surface area (Å²) in [6.45, 7) is 0. The SMILES string of the molecule is COc1cc(C(O)CSc2ccccc2F)ccc1Cl. The van der Waals surface area contributed by atoms with Gasteiger partial charge in [-0.3, -0.25) is 0 Å². The van der Waals surface area contributed by atoms with Crippen LogP contribution in [0.5, 0.6) is 5.75 Å². The molecule has 0 amide bonds. The van der Waals surface area contributed by atoms with Crippen LogP contribution >= 0.6 is 23.4 Å². The van der Waals surface area contributed by atoms with Crippen LogP contribution in [-0.4, -0.2) is 18.0 Å². The fraction of sp³-hybridized carbons (Fsp3) is 0.200. The van der Waals surface area contributed by atoms with Crippen molar-refractivity contribution in [3.8, 4) is 5.75 Å². The van der Waals surface area contributed by atoms with Crippen LogP contribution < -0.4 is 4.74 Å². The van der Waals surface area contributed by atoms with Crippen molar-refractivity contribution in [2.24, 2.45) is 0 Å². The van der Waals surface area contributed by atoms with E-state index in [4.69, 9.17) is 16.3 Å². The molecule has 0 aromatic heterocycles. The summed E-state index contributed by atoms with van der Waals surface area (Å²) in [4.78, 5) is 0.521. The van der Waals surface area contributed by atoms with E-state index in [2.05, 4.69) is 0 Å². The molecule has 20 heavy (non-hydrogen) atoms. The van der Waals surface area contributed by atoms with Gasteiger partial charge < -0.3 is 9.84 Å². The number of hydrogen-bond acceptors (Lipinski definition) is 3. The molecular formula is C15H14ClFO2S. The van der Waals surface area contributed by atoms with Gasteiger partial charge in [-0.25, -0.2) is 4.39 Å². The lowest BCUT2D eigenvalue weighted by Gasteiger charge is -2.13. The highest BCUT2D eigenvalue weighted by molar-refractivity contribution is 7.99. The molecule has 0 fully saturated rings. The van der Waals surface area contributed by atoms with Gasteiger partial charge in [-0.2, -0.15) is 0 Å². The minimum Gasteiger partial charge on any atom is -0.495 e. The Morgan fingerprint density at radius 2 is 2.05 bits per heavy atom. The summed E-state index contributed by atoms with van der Waals surface area (Å²) < 4.78 is 18.6. The van der Waals surface area contributed by atoms with Crippen molar-refractivity contribution in [3.05, 3.63) is 58.9 Å². The quantitative estimate of drug-likeness (QED) is 0.834. The smallest absolute Gasteiger partial charge is 0.137 e. The minimum absolute atomic E-state index is 0.279. The molecule has 1 unspecified atom stereocenters. The van der Waals surface area contributed by atoms with Gasteiger partial charge in [0.15, 0.2) is 0 Å². The van der Waals surface area contributed by atoms with Crippen LogP contribution in [-0.2, 0) is 0 Å². The second kappa shape index (κ2) is 6.97. The van der Waals surface area contributed by atoms with Crippen LogP contribution in [0.4, 0.5) is 4.39 Å². The normalized spacial score (nSPS) is 12.2. The molecule has 1 atom stereocenters.